The number of aromatic nitrogens is 2. The van der Waals surface area contributed by atoms with Gasteiger partial charge in [0, 0.05) is 22.9 Å². The monoisotopic (exact) mass is 411 g/mol. The van der Waals surface area contributed by atoms with Gasteiger partial charge in [-0.1, -0.05) is 12.1 Å². The van der Waals surface area contributed by atoms with Crippen LogP contribution < -0.4 is 0 Å². The number of benzene rings is 1. The zero-order chi connectivity index (χ0) is 18.2. The van der Waals surface area contributed by atoms with Gasteiger partial charge in [0.2, 0.25) is 5.91 Å². The number of likely N-dealkylation sites (tertiary alicyclic amines) is 1. The van der Waals surface area contributed by atoms with Crippen molar-refractivity contribution in [2.75, 3.05) is 6.54 Å². The van der Waals surface area contributed by atoms with Crippen LogP contribution in [0.15, 0.2) is 46.5 Å². The number of hydrogen-bond donors (Lipinski definition) is 0. The van der Waals surface area contributed by atoms with Gasteiger partial charge < -0.3 is 4.90 Å². The van der Waals surface area contributed by atoms with E-state index in [1.807, 2.05) is 33.9 Å². The van der Waals surface area contributed by atoms with Crippen LogP contribution in [0.3, 0.4) is 0 Å². The molecule has 4 nitrogen and oxygen atoms in total. The second kappa shape index (κ2) is 7.14. The molecule has 1 aliphatic heterocycles. The summed E-state index contributed by atoms with van der Waals surface area (Å²) in [7, 11) is 0. The molecule has 0 aliphatic carbocycles. The van der Waals surface area contributed by atoms with Gasteiger partial charge >= 0.3 is 0 Å². The highest BCUT2D eigenvalue weighted by Crippen LogP contribution is 2.37. The minimum absolute atomic E-state index is 0.102. The third-order valence-electron chi connectivity index (χ3n) is 4.82. The SMILES string of the molecule is O=C(Cc1csc(-c2ccsc2)n1)N1CCC[C@@H]1c1nc2ccccc2s1. The summed E-state index contributed by atoms with van der Waals surface area (Å²) in [5.74, 6) is 0.152. The zero-order valence-corrected chi connectivity index (χ0v) is 16.9. The van der Waals surface area contributed by atoms with Gasteiger partial charge in [0.1, 0.15) is 10.0 Å². The Balaban J connectivity index is 1.34. The van der Waals surface area contributed by atoms with Crippen molar-refractivity contribution < 1.29 is 4.79 Å². The first-order valence-corrected chi connectivity index (χ1v) is 11.5. The van der Waals surface area contributed by atoms with E-state index in [0.717, 1.165) is 46.2 Å². The van der Waals surface area contributed by atoms with E-state index in [9.17, 15) is 4.79 Å². The lowest BCUT2D eigenvalue weighted by Gasteiger charge is -2.22. The molecule has 0 spiro atoms. The quantitative estimate of drug-likeness (QED) is 0.452. The molecule has 1 fully saturated rings. The van der Waals surface area contributed by atoms with Crippen LogP contribution in [-0.4, -0.2) is 27.3 Å². The molecular formula is C20H17N3OS3. The first-order valence-electron chi connectivity index (χ1n) is 8.90. The highest BCUT2D eigenvalue weighted by atomic mass is 32.1. The number of fused-ring (bicyclic) bond motifs is 1. The fourth-order valence-corrected chi connectivity index (χ4v) is 6.17. The molecule has 1 amide bonds. The second-order valence-corrected chi connectivity index (χ2v) is 9.30. The Morgan fingerprint density at radius 2 is 2.11 bits per heavy atom. The number of hydrogen-bond acceptors (Lipinski definition) is 6. The Morgan fingerprint density at radius 1 is 1.19 bits per heavy atom. The van der Waals surface area contributed by atoms with E-state index in [1.165, 1.54) is 4.70 Å². The van der Waals surface area contributed by atoms with E-state index in [-0.39, 0.29) is 11.9 Å². The molecule has 136 valence electrons. The van der Waals surface area contributed by atoms with Gasteiger partial charge in [-0.3, -0.25) is 4.79 Å². The third kappa shape index (κ3) is 3.31. The van der Waals surface area contributed by atoms with Gasteiger partial charge in [-0.25, -0.2) is 9.97 Å². The number of nitrogens with zero attached hydrogens (tertiary/aromatic N) is 3. The fraction of sp³-hybridized carbons (Fsp3) is 0.250. The molecule has 0 unspecified atom stereocenters. The van der Waals surface area contributed by atoms with Crippen LogP contribution in [0.25, 0.3) is 20.8 Å². The van der Waals surface area contributed by atoms with Crippen molar-refractivity contribution in [3.05, 3.63) is 57.2 Å². The number of amides is 1. The summed E-state index contributed by atoms with van der Waals surface area (Å²) >= 11 is 4.98. The molecule has 0 saturated carbocycles. The molecule has 0 radical (unpaired) electrons. The maximum absolute atomic E-state index is 13.0. The molecule has 4 heterocycles. The smallest absolute Gasteiger partial charge is 0.229 e. The number of thiophene rings is 1. The van der Waals surface area contributed by atoms with Crippen molar-refractivity contribution in [3.63, 3.8) is 0 Å². The Kier molecular flexibility index (Phi) is 4.51. The van der Waals surface area contributed by atoms with Gasteiger partial charge in [-0.05, 0) is 36.4 Å². The molecule has 1 aliphatic rings. The van der Waals surface area contributed by atoms with E-state index >= 15 is 0 Å². The Bertz CT molecular complexity index is 1050. The van der Waals surface area contributed by atoms with Crippen molar-refractivity contribution >= 4 is 50.1 Å². The average molecular weight is 412 g/mol. The van der Waals surface area contributed by atoms with Crippen molar-refractivity contribution in [1.82, 2.24) is 14.9 Å². The number of carbonyl (C=O) groups excluding carboxylic acids is 1. The Morgan fingerprint density at radius 3 is 2.96 bits per heavy atom. The molecule has 1 aromatic carbocycles. The normalized spacial score (nSPS) is 17.0. The molecule has 0 bridgehead atoms. The molecular weight excluding hydrogens is 394 g/mol. The summed E-state index contributed by atoms with van der Waals surface area (Å²) in [5, 5.41) is 8.19. The first kappa shape index (κ1) is 17.0. The van der Waals surface area contributed by atoms with Crippen molar-refractivity contribution in [2.24, 2.45) is 0 Å². The number of carbonyl (C=O) groups is 1. The fourth-order valence-electron chi connectivity index (χ4n) is 3.52. The standard InChI is InChI=1S/C20H17N3OS3/c24-18(10-14-12-26-19(21-14)13-7-9-25-11-13)23-8-3-5-16(23)20-22-15-4-1-2-6-17(15)27-20/h1-2,4,6-7,9,11-12,16H,3,5,8,10H2/t16-/m1/s1. The van der Waals surface area contributed by atoms with Gasteiger partial charge in [0.05, 0.1) is 28.4 Å². The molecule has 1 atom stereocenters. The second-order valence-electron chi connectivity index (χ2n) is 6.60. The molecule has 1 saturated heterocycles. The Labute approximate surface area is 169 Å². The Hall–Kier alpha value is -2.09. The van der Waals surface area contributed by atoms with Crippen LogP contribution in [0.5, 0.6) is 0 Å². The minimum atomic E-state index is 0.102. The highest BCUT2D eigenvalue weighted by molar-refractivity contribution is 7.18. The summed E-state index contributed by atoms with van der Waals surface area (Å²) in [6.45, 7) is 0.806. The third-order valence-corrected chi connectivity index (χ3v) is 7.58. The predicted octanol–water partition coefficient (Wildman–Crippen LogP) is 5.39. The summed E-state index contributed by atoms with van der Waals surface area (Å²) in [6.07, 6.45) is 2.38. The van der Waals surface area contributed by atoms with Crippen molar-refractivity contribution in [3.8, 4) is 10.6 Å². The van der Waals surface area contributed by atoms with Crippen LogP contribution in [0.2, 0.25) is 0 Å². The van der Waals surface area contributed by atoms with E-state index < -0.39 is 0 Å². The van der Waals surface area contributed by atoms with Crippen LogP contribution >= 0.6 is 34.0 Å². The van der Waals surface area contributed by atoms with Crippen molar-refractivity contribution in [1.29, 1.82) is 0 Å². The van der Waals surface area contributed by atoms with Crippen LogP contribution in [-0.2, 0) is 11.2 Å². The minimum Gasteiger partial charge on any atom is -0.333 e. The van der Waals surface area contributed by atoms with E-state index in [2.05, 4.69) is 22.5 Å². The summed E-state index contributed by atoms with van der Waals surface area (Å²) in [4.78, 5) is 24.4. The lowest BCUT2D eigenvalue weighted by Crippen LogP contribution is -2.31. The maximum atomic E-state index is 13.0. The lowest BCUT2D eigenvalue weighted by atomic mass is 10.2. The zero-order valence-electron chi connectivity index (χ0n) is 14.5. The van der Waals surface area contributed by atoms with Crippen LogP contribution in [0.4, 0.5) is 0 Å². The number of para-hydroxylation sites is 1. The number of rotatable bonds is 4. The van der Waals surface area contributed by atoms with Gasteiger partial charge in [-0.15, -0.1) is 22.7 Å². The molecule has 27 heavy (non-hydrogen) atoms. The average Bonchev–Trinajstić information content (AvgIpc) is 3.47. The molecule has 0 N–H and O–H groups in total. The number of thiazole rings is 2. The first-order chi connectivity index (χ1) is 13.3. The molecule has 7 heteroatoms. The van der Waals surface area contributed by atoms with Crippen LogP contribution in [0.1, 0.15) is 29.6 Å². The van der Waals surface area contributed by atoms with Crippen LogP contribution in [0, 0.1) is 0 Å². The molecule has 3 aromatic heterocycles. The van der Waals surface area contributed by atoms with Crippen molar-refractivity contribution in [2.45, 2.75) is 25.3 Å². The summed E-state index contributed by atoms with van der Waals surface area (Å²) in [5.41, 5.74) is 3.02. The summed E-state index contributed by atoms with van der Waals surface area (Å²) in [6, 6.07) is 10.4. The van der Waals surface area contributed by atoms with E-state index in [4.69, 9.17) is 4.98 Å². The van der Waals surface area contributed by atoms with Gasteiger partial charge in [0.25, 0.3) is 0 Å². The topological polar surface area (TPSA) is 46.1 Å². The highest BCUT2D eigenvalue weighted by Gasteiger charge is 2.32. The molecule has 5 rings (SSSR count). The summed E-state index contributed by atoms with van der Waals surface area (Å²) < 4.78 is 1.19. The van der Waals surface area contributed by atoms with Gasteiger partial charge in [0.15, 0.2) is 0 Å². The largest absolute Gasteiger partial charge is 0.333 e. The van der Waals surface area contributed by atoms with E-state index in [0.29, 0.717) is 6.42 Å². The lowest BCUT2D eigenvalue weighted by molar-refractivity contribution is -0.131. The maximum Gasteiger partial charge on any atom is 0.229 e. The molecule has 4 aromatic rings. The van der Waals surface area contributed by atoms with E-state index in [1.54, 1.807) is 34.0 Å². The van der Waals surface area contributed by atoms with Gasteiger partial charge in [-0.2, -0.15) is 11.3 Å². The predicted molar refractivity (Wildman–Crippen MR) is 112 cm³/mol.